The molecule has 0 fully saturated rings. The van der Waals surface area contributed by atoms with Gasteiger partial charge in [-0.05, 0) is 25.5 Å². The Morgan fingerprint density at radius 3 is 2.72 bits per heavy atom. The second kappa shape index (κ2) is 6.58. The molecule has 0 aliphatic heterocycles. The Morgan fingerprint density at radius 1 is 1.39 bits per heavy atom. The van der Waals surface area contributed by atoms with Crippen LogP contribution in [-0.4, -0.2) is 35.7 Å². The lowest BCUT2D eigenvalue weighted by molar-refractivity contribution is -0.140. The number of carbonyl (C=O) groups excluding carboxylic acids is 1. The molecular weight excluding hydrogens is 238 g/mol. The molecule has 0 saturated carbocycles. The number of carboxylic acid groups (broad SMARTS) is 1. The first-order valence-electron chi connectivity index (χ1n) is 5.45. The summed E-state index contributed by atoms with van der Waals surface area (Å²) in [6.45, 7) is 1.94. The minimum absolute atomic E-state index is 0.118. The van der Waals surface area contributed by atoms with Crippen LogP contribution >= 0.6 is 0 Å². The normalized spacial score (nSPS) is 9.89. The maximum atomic E-state index is 10.9. The molecule has 0 spiro atoms. The van der Waals surface area contributed by atoms with E-state index < -0.39 is 5.97 Å². The fourth-order valence-corrected chi connectivity index (χ4v) is 1.31. The van der Waals surface area contributed by atoms with Gasteiger partial charge in [-0.25, -0.2) is 9.78 Å². The summed E-state index contributed by atoms with van der Waals surface area (Å²) in [7, 11) is 1.32. The number of methoxy groups -OCH3 is 1. The fourth-order valence-electron chi connectivity index (χ4n) is 1.31. The van der Waals surface area contributed by atoms with E-state index in [1.54, 1.807) is 19.1 Å². The Balaban J connectivity index is 2.56. The number of hydrogen-bond donors (Lipinski definition) is 1. The molecule has 1 aromatic heterocycles. The van der Waals surface area contributed by atoms with E-state index in [4.69, 9.17) is 9.84 Å². The number of ether oxygens (including phenoxy) is 2. The highest BCUT2D eigenvalue weighted by atomic mass is 16.5. The number of aryl methyl sites for hydroxylation is 1. The first kappa shape index (κ1) is 14.0. The Kier molecular flexibility index (Phi) is 5.10. The molecule has 0 unspecified atom stereocenters. The van der Waals surface area contributed by atoms with Crippen molar-refractivity contribution in [3.63, 3.8) is 0 Å². The Morgan fingerprint density at radius 2 is 2.11 bits per heavy atom. The van der Waals surface area contributed by atoms with Gasteiger partial charge < -0.3 is 14.6 Å². The number of esters is 1. The molecule has 1 aromatic rings. The van der Waals surface area contributed by atoms with Crippen molar-refractivity contribution in [2.45, 2.75) is 19.8 Å². The minimum Gasteiger partial charge on any atom is -0.491 e. The number of carboxylic acids is 1. The number of nitrogens with zero attached hydrogens (tertiary/aromatic N) is 1. The lowest BCUT2D eigenvalue weighted by Gasteiger charge is -2.08. The van der Waals surface area contributed by atoms with Crippen molar-refractivity contribution in [1.29, 1.82) is 0 Å². The molecule has 1 N–H and O–H groups in total. The van der Waals surface area contributed by atoms with Crippen LogP contribution in [0.25, 0.3) is 0 Å². The first-order valence-corrected chi connectivity index (χ1v) is 5.45. The molecule has 0 bridgehead atoms. The molecule has 98 valence electrons. The van der Waals surface area contributed by atoms with Gasteiger partial charge in [0.15, 0.2) is 11.4 Å². The fraction of sp³-hybridized carbons (Fsp3) is 0.417. The second-order valence-electron chi connectivity index (χ2n) is 3.63. The van der Waals surface area contributed by atoms with E-state index in [1.807, 2.05) is 0 Å². The van der Waals surface area contributed by atoms with Gasteiger partial charge in [-0.15, -0.1) is 0 Å². The van der Waals surface area contributed by atoms with E-state index >= 15 is 0 Å². The van der Waals surface area contributed by atoms with Crippen molar-refractivity contribution >= 4 is 11.9 Å². The number of aromatic carboxylic acids is 1. The third-order valence-electron chi connectivity index (χ3n) is 2.21. The third-order valence-corrected chi connectivity index (χ3v) is 2.21. The Bertz CT molecular complexity index is 444. The molecule has 0 amide bonds. The van der Waals surface area contributed by atoms with Gasteiger partial charge in [-0.3, -0.25) is 4.79 Å². The van der Waals surface area contributed by atoms with Crippen LogP contribution in [0.2, 0.25) is 0 Å². The molecule has 6 heteroatoms. The zero-order valence-corrected chi connectivity index (χ0v) is 10.3. The zero-order chi connectivity index (χ0) is 13.5. The summed E-state index contributed by atoms with van der Waals surface area (Å²) in [5.41, 5.74) is 0.488. The van der Waals surface area contributed by atoms with Gasteiger partial charge in [0, 0.05) is 12.1 Å². The van der Waals surface area contributed by atoms with E-state index in [1.165, 1.54) is 7.11 Å². The van der Waals surface area contributed by atoms with Crippen molar-refractivity contribution in [3.05, 3.63) is 23.5 Å². The van der Waals surface area contributed by atoms with E-state index in [2.05, 4.69) is 9.72 Å². The number of aromatic nitrogens is 1. The standard InChI is InChI=1S/C12H15NO5/c1-8-5-6-9(11(13-8)12(15)16)18-7-3-4-10(14)17-2/h5-6H,3-4,7H2,1-2H3,(H,15,16). The molecule has 18 heavy (non-hydrogen) atoms. The van der Waals surface area contributed by atoms with Crippen LogP contribution in [-0.2, 0) is 9.53 Å². The summed E-state index contributed by atoms with van der Waals surface area (Å²) < 4.78 is 9.78. The average molecular weight is 253 g/mol. The van der Waals surface area contributed by atoms with Crippen molar-refractivity contribution in [3.8, 4) is 5.75 Å². The summed E-state index contributed by atoms with van der Waals surface area (Å²) in [5.74, 6) is -1.25. The number of hydrogen-bond acceptors (Lipinski definition) is 5. The zero-order valence-electron chi connectivity index (χ0n) is 10.3. The van der Waals surface area contributed by atoms with E-state index in [0.717, 1.165) is 0 Å². The van der Waals surface area contributed by atoms with Crippen LogP contribution in [0.4, 0.5) is 0 Å². The van der Waals surface area contributed by atoms with E-state index in [-0.39, 0.29) is 30.4 Å². The summed E-state index contributed by atoms with van der Waals surface area (Å²) in [6.07, 6.45) is 0.692. The van der Waals surface area contributed by atoms with Crippen LogP contribution in [0, 0.1) is 6.92 Å². The van der Waals surface area contributed by atoms with Crippen molar-refractivity contribution < 1.29 is 24.2 Å². The number of pyridine rings is 1. The number of carbonyl (C=O) groups is 2. The highest BCUT2D eigenvalue weighted by Gasteiger charge is 2.13. The SMILES string of the molecule is COC(=O)CCCOc1ccc(C)nc1C(=O)O. The van der Waals surface area contributed by atoms with Crippen molar-refractivity contribution in [2.24, 2.45) is 0 Å². The van der Waals surface area contributed by atoms with Crippen LogP contribution < -0.4 is 4.74 Å². The summed E-state index contributed by atoms with van der Waals surface area (Å²) in [5, 5.41) is 8.96. The highest BCUT2D eigenvalue weighted by Crippen LogP contribution is 2.17. The molecule has 0 aliphatic rings. The molecule has 0 atom stereocenters. The average Bonchev–Trinajstić information content (AvgIpc) is 2.35. The Labute approximate surface area is 105 Å². The predicted molar refractivity (Wildman–Crippen MR) is 62.7 cm³/mol. The van der Waals surface area contributed by atoms with Gasteiger partial charge in [0.05, 0.1) is 13.7 Å². The molecule has 0 aromatic carbocycles. The molecule has 1 rings (SSSR count). The van der Waals surface area contributed by atoms with Gasteiger partial charge >= 0.3 is 11.9 Å². The first-order chi connectivity index (χ1) is 8.54. The maximum absolute atomic E-state index is 10.9. The topological polar surface area (TPSA) is 85.7 Å². The van der Waals surface area contributed by atoms with E-state index in [0.29, 0.717) is 12.1 Å². The second-order valence-corrected chi connectivity index (χ2v) is 3.63. The quantitative estimate of drug-likeness (QED) is 0.609. The lowest BCUT2D eigenvalue weighted by atomic mass is 10.3. The van der Waals surface area contributed by atoms with Gasteiger partial charge in [-0.1, -0.05) is 0 Å². The lowest BCUT2D eigenvalue weighted by Crippen LogP contribution is -2.09. The van der Waals surface area contributed by atoms with Crippen LogP contribution in [0.15, 0.2) is 12.1 Å². The Hall–Kier alpha value is -2.11. The largest absolute Gasteiger partial charge is 0.491 e. The number of rotatable bonds is 6. The molecule has 1 heterocycles. The van der Waals surface area contributed by atoms with Gasteiger partial charge in [0.25, 0.3) is 0 Å². The predicted octanol–water partition coefficient (Wildman–Crippen LogP) is 1.42. The summed E-state index contributed by atoms with van der Waals surface area (Å²) >= 11 is 0. The smallest absolute Gasteiger partial charge is 0.358 e. The monoisotopic (exact) mass is 253 g/mol. The van der Waals surface area contributed by atoms with Crippen molar-refractivity contribution in [2.75, 3.05) is 13.7 Å². The summed E-state index contributed by atoms with van der Waals surface area (Å²) in [4.78, 5) is 25.7. The minimum atomic E-state index is -1.14. The maximum Gasteiger partial charge on any atom is 0.358 e. The summed E-state index contributed by atoms with van der Waals surface area (Å²) in [6, 6.07) is 3.23. The van der Waals surface area contributed by atoms with Crippen LogP contribution in [0.5, 0.6) is 5.75 Å². The highest BCUT2D eigenvalue weighted by molar-refractivity contribution is 5.88. The van der Waals surface area contributed by atoms with Crippen LogP contribution in [0.3, 0.4) is 0 Å². The molecule has 0 saturated heterocycles. The third kappa shape index (κ3) is 4.04. The van der Waals surface area contributed by atoms with Gasteiger partial charge in [0.1, 0.15) is 0 Å². The van der Waals surface area contributed by atoms with E-state index in [9.17, 15) is 9.59 Å². The van der Waals surface area contributed by atoms with Crippen LogP contribution in [0.1, 0.15) is 29.0 Å². The van der Waals surface area contributed by atoms with Crippen molar-refractivity contribution in [1.82, 2.24) is 4.98 Å². The molecule has 0 aliphatic carbocycles. The molecular formula is C12H15NO5. The van der Waals surface area contributed by atoms with Gasteiger partial charge in [0.2, 0.25) is 0 Å². The molecule has 0 radical (unpaired) electrons. The molecule has 6 nitrogen and oxygen atoms in total. The van der Waals surface area contributed by atoms with Gasteiger partial charge in [-0.2, -0.15) is 0 Å².